The van der Waals surface area contributed by atoms with Crippen LogP contribution in [0.1, 0.15) is 39.0 Å². The van der Waals surface area contributed by atoms with Gasteiger partial charge in [0.15, 0.2) is 0 Å². The van der Waals surface area contributed by atoms with Crippen molar-refractivity contribution in [2.24, 2.45) is 5.73 Å². The van der Waals surface area contributed by atoms with Crippen molar-refractivity contribution < 1.29 is 0 Å². The van der Waals surface area contributed by atoms with Gasteiger partial charge in [0.2, 0.25) is 0 Å². The van der Waals surface area contributed by atoms with Crippen molar-refractivity contribution in [3.05, 3.63) is 51.0 Å². The molecule has 0 bridgehead atoms. The average Bonchev–Trinajstić information content (AvgIpc) is 2.96. The highest BCUT2D eigenvalue weighted by atomic mass is 32.1. The Kier molecular flexibility index (Phi) is 3.18. The second kappa shape index (κ2) is 4.82. The maximum atomic E-state index is 6.26. The Morgan fingerprint density at radius 3 is 2.94 bits per heavy atom. The van der Waals surface area contributed by atoms with Crippen LogP contribution in [-0.4, -0.2) is 4.98 Å². The summed E-state index contributed by atoms with van der Waals surface area (Å²) < 4.78 is 0. The Labute approximate surface area is 112 Å². The number of rotatable bonds is 3. The molecule has 0 saturated heterocycles. The third-order valence-electron chi connectivity index (χ3n) is 3.62. The van der Waals surface area contributed by atoms with E-state index < -0.39 is 0 Å². The SMILES string of the molecule is Cc1ncc(C(N)Cc2ccc3c(c2)CCC3)s1. The fourth-order valence-corrected chi connectivity index (χ4v) is 3.44. The monoisotopic (exact) mass is 258 g/mol. The summed E-state index contributed by atoms with van der Waals surface area (Å²) in [6, 6.07) is 6.94. The molecule has 1 aliphatic carbocycles. The Bertz CT molecular complexity index is 559. The summed E-state index contributed by atoms with van der Waals surface area (Å²) in [7, 11) is 0. The van der Waals surface area contributed by atoms with Crippen molar-refractivity contribution >= 4 is 11.3 Å². The summed E-state index contributed by atoms with van der Waals surface area (Å²) in [6.07, 6.45) is 6.61. The van der Waals surface area contributed by atoms with Gasteiger partial charge in [-0.3, -0.25) is 0 Å². The molecular weight excluding hydrogens is 240 g/mol. The number of nitrogens with zero attached hydrogens (tertiary/aromatic N) is 1. The average molecular weight is 258 g/mol. The zero-order valence-corrected chi connectivity index (χ0v) is 11.5. The molecule has 0 aliphatic heterocycles. The van der Waals surface area contributed by atoms with E-state index in [-0.39, 0.29) is 6.04 Å². The zero-order valence-electron chi connectivity index (χ0n) is 10.6. The molecule has 2 aromatic rings. The summed E-state index contributed by atoms with van der Waals surface area (Å²) in [5, 5.41) is 1.09. The number of hydrogen-bond donors (Lipinski definition) is 1. The number of fused-ring (bicyclic) bond motifs is 1. The van der Waals surface area contributed by atoms with Gasteiger partial charge in [0.05, 0.1) is 5.01 Å². The minimum Gasteiger partial charge on any atom is -0.323 e. The topological polar surface area (TPSA) is 38.9 Å². The molecule has 1 aliphatic rings. The highest BCUT2D eigenvalue weighted by Crippen LogP contribution is 2.26. The van der Waals surface area contributed by atoms with Crippen LogP contribution in [0.25, 0.3) is 0 Å². The maximum Gasteiger partial charge on any atom is 0.0897 e. The van der Waals surface area contributed by atoms with Crippen LogP contribution < -0.4 is 5.73 Å². The Morgan fingerprint density at radius 2 is 2.17 bits per heavy atom. The Hall–Kier alpha value is -1.19. The highest BCUT2D eigenvalue weighted by Gasteiger charge is 2.14. The molecule has 2 nitrogen and oxygen atoms in total. The molecule has 1 atom stereocenters. The first kappa shape index (κ1) is 11.9. The Balaban J connectivity index is 1.76. The van der Waals surface area contributed by atoms with E-state index in [0.717, 1.165) is 11.4 Å². The number of hydrogen-bond acceptors (Lipinski definition) is 3. The van der Waals surface area contributed by atoms with Crippen molar-refractivity contribution in [1.29, 1.82) is 0 Å². The summed E-state index contributed by atoms with van der Waals surface area (Å²) in [6.45, 7) is 2.02. The first-order valence-electron chi connectivity index (χ1n) is 6.51. The van der Waals surface area contributed by atoms with Crippen molar-refractivity contribution in [2.75, 3.05) is 0 Å². The smallest absolute Gasteiger partial charge is 0.0897 e. The summed E-state index contributed by atoms with van der Waals surface area (Å²) in [5.41, 5.74) is 10.7. The molecule has 18 heavy (non-hydrogen) atoms. The fourth-order valence-electron chi connectivity index (χ4n) is 2.66. The Morgan fingerprint density at radius 1 is 1.33 bits per heavy atom. The fraction of sp³-hybridized carbons (Fsp3) is 0.400. The number of nitrogens with two attached hydrogens (primary N) is 1. The lowest BCUT2D eigenvalue weighted by Gasteiger charge is -2.10. The van der Waals surface area contributed by atoms with Crippen LogP contribution in [0.4, 0.5) is 0 Å². The standard InChI is InChI=1S/C15H18N2S/c1-10-17-9-15(18-10)14(16)8-11-5-6-12-3-2-4-13(12)7-11/h5-7,9,14H,2-4,8,16H2,1H3. The van der Waals surface area contributed by atoms with Gasteiger partial charge in [-0.05, 0) is 49.3 Å². The largest absolute Gasteiger partial charge is 0.323 e. The lowest BCUT2D eigenvalue weighted by atomic mass is 10.0. The molecule has 94 valence electrons. The van der Waals surface area contributed by atoms with Crippen LogP contribution in [0.5, 0.6) is 0 Å². The molecule has 0 saturated carbocycles. The van der Waals surface area contributed by atoms with E-state index in [1.807, 2.05) is 13.1 Å². The number of aromatic nitrogens is 1. The molecule has 3 heteroatoms. The molecule has 2 N–H and O–H groups in total. The molecule has 3 rings (SSSR count). The number of thiazole rings is 1. The van der Waals surface area contributed by atoms with Gasteiger partial charge in [0, 0.05) is 17.1 Å². The van der Waals surface area contributed by atoms with Crippen LogP contribution in [0.3, 0.4) is 0 Å². The van der Waals surface area contributed by atoms with Gasteiger partial charge in [0.1, 0.15) is 0 Å². The van der Waals surface area contributed by atoms with E-state index in [2.05, 4.69) is 23.2 Å². The predicted octanol–water partition coefficient (Wildman–Crippen LogP) is 3.18. The highest BCUT2D eigenvalue weighted by molar-refractivity contribution is 7.11. The van der Waals surface area contributed by atoms with Crippen LogP contribution in [0.15, 0.2) is 24.4 Å². The second-order valence-corrected chi connectivity index (χ2v) is 6.32. The van der Waals surface area contributed by atoms with E-state index in [9.17, 15) is 0 Å². The van der Waals surface area contributed by atoms with Crippen LogP contribution in [0, 0.1) is 6.92 Å². The summed E-state index contributed by atoms with van der Waals surface area (Å²) in [4.78, 5) is 5.46. The molecule has 0 spiro atoms. The lowest BCUT2D eigenvalue weighted by Crippen LogP contribution is -2.12. The maximum absolute atomic E-state index is 6.26. The van der Waals surface area contributed by atoms with Crippen molar-refractivity contribution in [3.63, 3.8) is 0 Å². The van der Waals surface area contributed by atoms with Crippen molar-refractivity contribution in [2.45, 2.75) is 38.6 Å². The third kappa shape index (κ3) is 2.33. The molecular formula is C15H18N2S. The quantitative estimate of drug-likeness (QED) is 0.918. The normalized spacial score (nSPS) is 15.7. The van der Waals surface area contributed by atoms with Gasteiger partial charge in [-0.15, -0.1) is 11.3 Å². The van der Waals surface area contributed by atoms with Gasteiger partial charge in [-0.25, -0.2) is 4.98 Å². The van der Waals surface area contributed by atoms with E-state index in [1.54, 1.807) is 11.3 Å². The molecule has 0 radical (unpaired) electrons. The van der Waals surface area contributed by atoms with Crippen molar-refractivity contribution in [1.82, 2.24) is 4.98 Å². The number of benzene rings is 1. The van der Waals surface area contributed by atoms with E-state index in [0.29, 0.717) is 0 Å². The molecule has 0 fully saturated rings. The van der Waals surface area contributed by atoms with Crippen LogP contribution in [0.2, 0.25) is 0 Å². The lowest BCUT2D eigenvalue weighted by molar-refractivity contribution is 0.733. The van der Waals surface area contributed by atoms with Gasteiger partial charge >= 0.3 is 0 Å². The first-order chi connectivity index (χ1) is 8.72. The number of aryl methyl sites for hydroxylation is 3. The first-order valence-corrected chi connectivity index (χ1v) is 7.32. The second-order valence-electron chi connectivity index (χ2n) is 5.05. The molecule has 1 heterocycles. The minimum atomic E-state index is 0.0793. The summed E-state index contributed by atoms with van der Waals surface area (Å²) >= 11 is 1.70. The van der Waals surface area contributed by atoms with E-state index >= 15 is 0 Å². The minimum absolute atomic E-state index is 0.0793. The summed E-state index contributed by atoms with van der Waals surface area (Å²) in [5.74, 6) is 0. The van der Waals surface area contributed by atoms with Gasteiger partial charge in [-0.2, -0.15) is 0 Å². The molecule has 1 aromatic carbocycles. The van der Waals surface area contributed by atoms with E-state index in [4.69, 9.17) is 5.73 Å². The van der Waals surface area contributed by atoms with Gasteiger partial charge in [-0.1, -0.05) is 18.2 Å². The molecule has 1 aromatic heterocycles. The predicted molar refractivity (Wildman–Crippen MR) is 76.0 cm³/mol. The molecule has 0 amide bonds. The zero-order chi connectivity index (χ0) is 12.5. The van der Waals surface area contributed by atoms with Crippen molar-refractivity contribution in [3.8, 4) is 0 Å². The van der Waals surface area contributed by atoms with Crippen LogP contribution >= 0.6 is 11.3 Å². The van der Waals surface area contributed by atoms with Gasteiger partial charge in [0.25, 0.3) is 0 Å². The van der Waals surface area contributed by atoms with Gasteiger partial charge < -0.3 is 5.73 Å². The van der Waals surface area contributed by atoms with Crippen LogP contribution in [-0.2, 0) is 19.3 Å². The van der Waals surface area contributed by atoms with E-state index in [1.165, 1.54) is 40.8 Å². The molecule has 1 unspecified atom stereocenters. The third-order valence-corrected chi connectivity index (χ3v) is 4.67.